The van der Waals surface area contributed by atoms with Gasteiger partial charge >= 0.3 is 0 Å². The van der Waals surface area contributed by atoms with Crippen LogP contribution in [-0.2, 0) is 11.2 Å². The molecule has 0 radical (unpaired) electrons. The van der Waals surface area contributed by atoms with Gasteiger partial charge in [-0.2, -0.15) is 5.26 Å². The Morgan fingerprint density at radius 3 is 3.00 bits per heavy atom. The highest BCUT2D eigenvalue weighted by atomic mass is 16.1. The lowest BCUT2D eigenvalue weighted by Crippen LogP contribution is -2.39. The zero-order valence-electron chi connectivity index (χ0n) is 8.53. The van der Waals surface area contributed by atoms with E-state index in [9.17, 15) is 4.79 Å². The third kappa shape index (κ3) is 1.71. The second kappa shape index (κ2) is 3.74. The number of carbonyl (C=O) groups excluding carboxylic acids is 1. The molecule has 2 atom stereocenters. The summed E-state index contributed by atoms with van der Waals surface area (Å²) in [5, 5.41) is 11.3. The van der Waals surface area contributed by atoms with Crippen molar-refractivity contribution in [2.75, 3.05) is 0 Å². The number of hydrogen-bond acceptors (Lipinski definition) is 2. The quantitative estimate of drug-likeness (QED) is 0.783. The van der Waals surface area contributed by atoms with E-state index < -0.39 is 6.04 Å². The molecule has 0 saturated heterocycles. The molecule has 0 aliphatic heterocycles. The molecule has 0 aromatic heterocycles. The smallest absolute Gasteiger partial charge is 0.228 e. The lowest BCUT2D eigenvalue weighted by atomic mass is 9.77. The zero-order valence-corrected chi connectivity index (χ0v) is 8.53. The highest BCUT2D eigenvalue weighted by Gasteiger charge is 2.31. The fraction of sp³-hybridized carbons (Fsp3) is 0.333. The first-order chi connectivity index (χ1) is 7.22. The first-order valence-electron chi connectivity index (χ1n) is 5.00. The number of amides is 1. The van der Waals surface area contributed by atoms with E-state index in [1.807, 2.05) is 30.3 Å². The molecule has 2 rings (SSSR count). The molecule has 2 unspecified atom stereocenters. The van der Waals surface area contributed by atoms with Crippen LogP contribution in [-0.4, -0.2) is 11.9 Å². The fourth-order valence-corrected chi connectivity index (χ4v) is 1.84. The summed E-state index contributed by atoms with van der Waals surface area (Å²) in [6.07, 6.45) is 0.792. The van der Waals surface area contributed by atoms with Crippen LogP contribution < -0.4 is 5.32 Å². The van der Waals surface area contributed by atoms with Crippen molar-refractivity contribution in [1.29, 1.82) is 5.26 Å². The minimum Gasteiger partial charge on any atom is -0.340 e. The maximum atomic E-state index is 11.7. The summed E-state index contributed by atoms with van der Waals surface area (Å²) >= 11 is 0. The molecule has 76 valence electrons. The number of benzene rings is 1. The molecular formula is C12H12N2O. The third-order valence-electron chi connectivity index (χ3n) is 2.72. The molecule has 0 bridgehead atoms. The van der Waals surface area contributed by atoms with E-state index in [1.165, 1.54) is 5.56 Å². The minimum atomic E-state index is -0.412. The predicted octanol–water partition coefficient (Wildman–Crippen LogP) is 1.35. The van der Waals surface area contributed by atoms with E-state index in [2.05, 4.69) is 5.32 Å². The number of fused-ring (bicyclic) bond motifs is 1. The highest BCUT2D eigenvalue weighted by molar-refractivity contribution is 5.87. The largest absolute Gasteiger partial charge is 0.340 e. The predicted molar refractivity (Wildman–Crippen MR) is 56.1 cm³/mol. The molecular weight excluding hydrogens is 188 g/mol. The van der Waals surface area contributed by atoms with Crippen molar-refractivity contribution in [2.24, 2.45) is 0 Å². The number of carbonyl (C=O) groups is 1. The highest BCUT2D eigenvalue weighted by Crippen LogP contribution is 2.34. The maximum Gasteiger partial charge on any atom is 0.228 e. The van der Waals surface area contributed by atoms with Crippen LogP contribution in [0.25, 0.3) is 0 Å². The van der Waals surface area contributed by atoms with Gasteiger partial charge in [0, 0.05) is 0 Å². The van der Waals surface area contributed by atoms with Crippen LogP contribution >= 0.6 is 0 Å². The van der Waals surface area contributed by atoms with Crippen molar-refractivity contribution in [3.05, 3.63) is 35.4 Å². The van der Waals surface area contributed by atoms with E-state index in [4.69, 9.17) is 5.26 Å². The second-order valence-corrected chi connectivity index (χ2v) is 3.81. The number of hydrogen-bond donors (Lipinski definition) is 1. The van der Waals surface area contributed by atoms with Gasteiger partial charge in [-0.1, -0.05) is 24.3 Å². The summed E-state index contributed by atoms with van der Waals surface area (Å²) in [7, 11) is 0. The van der Waals surface area contributed by atoms with E-state index in [-0.39, 0.29) is 11.8 Å². The normalized spacial score (nSPS) is 19.3. The van der Waals surface area contributed by atoms with Crippen molar-refractivity contribution in [3.63, 3.8) is 0 Å². The Kier molecular flexibility index (Phi) is 2.42. The fourth-order valence-electron chi connectivity index (χ4n) is 1.84. The molecule has 0 fully saturated rings. The van der Waals surface area contributed by atoms with Crippen LogP contribution in [0.5, 0.6) is 0 Å². The summed E-state index contributed by atoms with van der Waals surface area (Å²) in [4.78, 5) is 11.7. The topological polar surface area (TPSA) is 52.9 Å². The Bertz CT molecular complexity index is 433. The summed E-state index contributed by atoms with van der Waals surface area (Å²) in [5.41, 5.74) is 2.34. The van der Waals surface area contributed by atoms with Crippen LogP contribution in [0.2, 0.25) is 0 Å². The average molecular weight is 200 g/mol. The lowest BCUT2D eigenvalue weighted by Gasteiger charge is -2.29. The van der Waals surface area contributed by atoms with Crippen molar-refractivity contribution in [3.8, 4) is 6.07 Å². The van der Waals surface area contributed by atoms with Crippen molar-refractivity contribution in [2.45, 2.75) is 25.3 Å². The van der Waals surface area contributed by atoms with E-state index in [1.54, 1.807) is 6.92 Å². The van der Waals surface area contributed by atoms with Gasteiger partial charge in [0.2, 0.25) is 5.91 Å². The molecule has 1 aromatic rings. The molecule has 15 heavy (non-hydrogen) atoms. The van der Waals surface area contributed by atoms with Gasteiger partial charge in [0.25, 0.3) is 0 Å². The molecule has 0 heterocycles. The van der Waals surface area contributed by atoms with Gasteiger partial charge in [-0.05, 0) is 24.5 Å². The Hall–Kier alpha value is -1.82. The molecule has 1 aliphatic carbocycles. The number of nitrogens with zero attached hydrogens (tertiary/aromatic N) is 1. The first-order valence-corrected chi connectivity index (χ1v) is 5.00. The SMILES string of the molecule is CC(C#N)NC(=O)C1Cc2ccccc21. The van der Waals surface area contributed by atoms with Crippen LogP contribution in [0.3, 0.4) is 0 Å². The van der Waals surface area contributed by atoms with Crippen molar-refractivity contribution < 1.29 is 4.79 Å². The standard InChI is InChI=1S/C12H12N2O/c1-8(7-13)14-12(15)11-6-9-4-2-3-5-10(9)11/h2-5,8,11H,6H2,1H3,(H,14,15). The Labute approximate surface area is 88.7 Å². The molecule has 0 spiro atoms. The summed E-state index contributed by atoms with van der Waals surface area (Å²) in [5.74, 6) is -0.0975. The van der Waals surface area contributed by atoms with E-state index in [0.717, 1.165) is 12.0 Å². The number of rotatable bonds is 2. The van der Waals surface area contributed by atoms with Gasteiger partial charge in [0.1, 0.15) is 6.04 Å². The number of nitrogens with one attached hydrogen (secondary N) is 1. The lowest BCUT2D eigenvalue weighted by molar-refractivity contribution is -0.123. The van der Waals surface area contributed by atoms with Gasteiger partial charge in [0.15, 0.2) is 0 Å². The van der Waals surface area contributed by atoms with E-state index in [0.29, 0.717) is 0 Å². The first kappa shape index (κ1) is 9.72. The van der Waals surface area contributed by atoms with Gasteiger partial charge in [-0.25, -0.2) is 0 Å². The second-order valence-electron chi connectivity index (χ2n) is 3.81. The molecule has 3 nitrogen and oxygen atoms in total. The van der Waals surface area contributed by atoms with Gasteiger partial charge in [-0.15, -0.1) is 0 Å². The molecule has 1 aromatic carbocycles. The van der Waals surface area contributed by atoms with Crippen molar-refractivity contribution in [1.82, 2.24) is 5.32 Å². The minimum absolute atomic E-state index is 0.0391. The Morgan fingerprint density at radius 1 is 1.60 bits per heavy atom. The van der Waals surface area contributed by atoms with Crippen molar-refractivity contribution >= 4 is 5.91 Å². The Morgan fingerprint density at radius 2 is 2.33 bits per heavy atom. The van der Waals surface area contributed by atoms with Gasteiger partial charge in [0.05, 0.1) is 12.0 Å². The van der Waals surface area contributed by atoms with E-state index >= 15 is 0 Å². The Balaban J connectivity index is 2.05. The molecule has 1 N–H and O–H groups in total. The zero-order chi connectivity index (χ0) is 10.8. The molecule has 3 heteroatoms. The molecule has 1 aliphatic rings. The van der Waals surface area contributed by atoms with Crippen LogP contribution in [0.1, 0.15) is 24.0 Å². The summed E-state index contributed by atoms with van der Waals surface area (Å²) in [6.45, 7) is 1.68. The van der Waals surface area contributed by atoms with Crippen LogP contribution in [0.4, 0.5) is 0 Å². The number of nitriles is 1. The van der Waals surface area contributed by atoms with Crippen LogP contribution in [0, 0.1) is 11.3 Å². The van der Waals surface area contributed by atoms with Gasteiger partial charge in [-0.3, -0.25) is 4.79 Å². The summed E-state index contributed by atoms with van der Waals surface area (Å²) < 4.78 is 0. The maximum absolute atomic E-state index is 11.7. The summed E-state index contributed by atoms with van der Waals surface area (Å²) in [6, 6.07) is 9.50. The van der Waals surface area contributed by atoms with Crippen LogP contribution in [0.15, 0.2) is 24.3 Å². The van der Waals surface area contributed by atoms with Gasteiger partial charge < -0.3 is 5.32 Å². The monoisotopic (exact) mass is 200 g/mol. The third-order valence-corrected chi connectivity index (χ3v) is 2.72. The molecule has 1 amide bonds. The molecule has 0 saturated carbocycles. The average Bonchev–Trinajstić information content (AvgIpc) is 2.19.